The lowest BCUT2D eigenvalue weighted by Gasteiger charge is -2.32. The Hall–Kier alpha value is -3.18. The number of halogens is 3. The van der Waals surface area contributed by atoms with Gasteiger partial charge < -0.3 is 15.0 Å². The maximum Gasteiger partial charge on any atom is 0.453 e. The van der Waals surface area contributed by atoms with Crippen LogP contribution >= 0.6 is 0 Å². The maximum absolute atomic E-state index is 13.0. The molecule has 1 aliphatic heterocycles. The minimum Gasteiger partial charge on any atom is -0.452 e. The second kappa shape index (κ2) is 8.67. The van der Waals surface area contributed by atoms with E-state index >= 15 is 0 Å². The summed E-state index contributed by atoms with van der Waals surface area (Å²) in [5.41, 5.74) is -0.00624. The van der Waals surface area contributed by atoms with Crippen LogP contribution in [0.1, 0.15) is 25.6 Å². The average molecular weight is 426 g/mol. The Bertz CT molecular complexity index is 937. The van der Waals surface area contributed by atoms with Gasteiger partial charge in [0.25, 0.3) is 11.7 Å². The van der Waals surface area contributed by atoms with Crippen LogP contribution in [-0.2, 0) is 20.5 Å². The van der Waals surface area contributed by atoms with Crippen LogP contribution < -0.4 is 10.2 Å². The number of hydrogen-bond donors (Lipinski definition) is 1. The standard InChI is InChI=1S/C18H21F3N6O3/c1-3-8-22-15(28)11(2)30-16(29)12-6-9-26(10-7-12)14-5-4-13-23-24-17(18(19,20)21)27(13)25-14/h3-5,11-12H,1,6-10H2,2H3,(H,22,28). The summed E-state index contributed by atoms with van der Waals surface area (Å²) in [5, 5.41) is 13.2. The van der Waals surface area contributed by atoms with E-state index in [2.05, 4.69) is 27.2 Å². The monoisotopic (exact) mass is 426 g/mol. The first-order chi connectivity index (χ1) is 14.2. The fraction of sp³-hybridized carbons (Fsp3) is 0.500. The molecule has 1 N–H and O–H groups in total. The molecule has 9 nitrogen and oxygen atoms in total. The molecule has 3 heterocycles. The molecule has 2 aromatic heterocycles. The van der Waals surface area contributed by atoms with Gasteiger partial charge in [0.2, 0.25) is 0 Å². The van der Waals surface area contributed by atoms with Gasteiger partial charge in [-0.05, 0) is 31.9 Å². The number of aromatic nitrogens is 4. The number of rotatable bonds is 6. The summed E-state index contributed by atoms with van der Waals surface area (Å²) in [6.07, 6.45) is -3.22. The Morgan fingerprint density at radius 3 is 2.67 bits per heavy atom. The molecule has 12 heteroatoms. The van der Waals surface area contributed by atoms with Gasteiger partial charge in [-0.2, -0.15) is 17.7 Å². The summed E-state index contributed by atoms with van der Waals surface area (Å²) in [7, 11) is 0. The number of amides is 1. The molecule has 3 rings (SSSR count). The van der Waals surface area contributed by atoms with Crippen molar-refractivity contribution in [1.82, 2.24) is 25.1 Å². The zero-order valence-electron chi connectivity index (χ0n) is 16.2. The van der Waals surface area contributed by atoms with Crippen molar-refractivity contribution in [2.75, 3.05) is 24.5 Å². The first kappa shape index (κ1) is 21.5. The largest absolute Gasteiger partial charge is 0.453 e. The van der Waals surface area contributed by atoms with Gasteiger partial charge in [0.15, 0.2) is 11.8 Å². The number of nitrogens with one attached hydrogen (secondary N) is 1. The highest BCUT2D eigenvalue weighted by Gasteiger charge is 2.38. The predicted molar refractivity (Wildman–Crippen MR) is 99.5 cm³/mol. The van der Waals surface area contributed by atoms with Crippen LogP contribution in [0.2, 0.25) is 0 Å². The second-order valence-corrected chi connectivity index (χ2v) is 6.86. The van der Waals surface area contributed by atoms with Crippen LogP contribution in [0.15, 0.2) is 24.8 Å². The molecule has 2 aromatic rings. The Kier molecular flexibility index (Phi) is 6.22. The Morgan fingerprint density at radius 2 is 2.03 bits per heavy atom. The molecule has 0 spiro atoms. The van der Waals surface area contributed by atoms with Crippen LogP contribution in [0.5, 0.6) is 0 Å². The van der Waals surface area contributed by atoms with E-state index in [4.69, 9.17) is 4.74 Å². The molecule has 1 unspecified atom stereocenters. The summed E-state index contributed by atoms with van der Waals surface area (Å²) >= 11 is 0. The van der Waals surface area contributed by atoms with Crippen molar-refractivity contribution in [3.05, 3.63) is 30.6 Å². The van der Waals surface area contributed by atoms with Crippen LogP contribution in [0.4, 0.5) is 19.0 Å². The minimum atomic E-state index is -4.67. The number of carbonyl (C=O) groups is 2. The molecule has 1 atom stereocenters. The number of carbonyl (C=O) groups excluding carboxylic acids is 2. The van der Waals surface area contributed by atoms with Crippen LogP contribution in [0.25, 0.3) is 5.65 Å². The summed E-state index contributed by atoms with van der Waals surface area (Å²) in [6.45, 7) is 6.06. The molecule has 30 heavy (non-hydrogen) atoms. The van der Waals surface area contributed by atoms with E-state index in [0.29, 0.717) is 36.3 Å². The van der Waals surface area contributed by atoms with E-state index in [-0.39, 0.29) is 12.2 Å². The molecule has 1 saturated heterocycles. The highest BCUT2D eigenvalue weighted by molar-refractivity contribution is 5.84. The molecule has 1 fully saturated rings. The van der Waals surface area contributed by atoms with Crippen molar-refractivity contribution >= 4 is 23.3 Å². The number of fused-ring (bicyclic) bond motifs is 1. The number of hydrogen-bond acceptors (Lipinski definition) is 7. The topological polar surface area (TPSA) is 102 Å². The number of alkyl halides is 3. The predicted octanol–water partition coefficient (Wildman–Crippen LogP) is 1.59. The molecular formula is C18H21F3N6O3. The van der Waals surface area contributed by atoms with Crippen molar-refractivity contribution in [3.63, 3.8) is 0 Å². The van der Waals surface area contributed by atoms with Crippen molar-refractivity contribution in [3.8, 4) is 0 Å². The van der Waals surface area contributed by atoms with Crippen molar-refractivity contribution in [1.29, 1.82) is 0 Å². The number of piperidine rings is 1. The van der Waals surface area contributed by atoms with Gasteiger partial charge in [0.05, 0.1) is 5.92 Å². The highest BCUT2D eigenvalue weighted by atomic mass is 19.4. The molecule has 0 saturated carbocycles. The van der Waals surface area contributed by atoms with E-state index in [0.717, 1.165) is 0 Å². The van der Waals surface area contributed by atoms with Crippen molar-refractivity contribution < 1.29 is 27.5 Å². The molecule has 1 aliphatic rings. The molecule has 1 amide bonds. The number of esters is 1. The third-order valence-corrected chi connectivity index (χ3v) is 4.74. The van der Waals surface area contributed by atoms with Gasteiger partial charge >= 0.3 is 12.1 Å². The van der Waals surface area contributed by atoms with E-state index < -0.39 is 35.9 Å². The van der Waals surface area contributed by atoms with E-state index in [1.54, 1.807) is 11.0 Å². The fourth-order valence-electron chi connectivity index (χ4n) is 3.11. The zero-order valence-corrected chi connectivity index (χ0v) is 16.2. The van der Waals surface area contributed by atoms with E-state index in [1.807, 2.05) is 0 Å². The van der Waals surface area contributed by atoms with Gasteiger partial charge in [-0.1, -0.05) is 6.08 Å². The van der Waals surface area contributed by atoms with Gasteiger partial charge in [0, 0.05) is 19.6 Å². The fourth-order valence-corrected chi connectivity index (χ4v) is 3.11. The number of anilines is 1. The first-order valence-electron chi connectivity index (χ1n) is 9.34. The zero-order chi connectivity index (χ0) is 21.9. The summed E-state index contributed by atoms with van der Waals surface area (Å²) in [5.74, 6) is -2.15. The lowest BCUT2D eigenvalue weighted by molar-refractivity contribution is -0.159. The molecule has 0 aromatic carbocycles. The highest BCUT2D eigenvalue weighted by Crippen LogP contribution is 2.29. The SMILES string of the molecule is C=CCNC(=O)C(C)OC(=O)C1CCN(c2ccc3nnc(C(F)(F)F)n3n2)CC1. The normalized spacial score (nSPS) is 16.3. The Morgan fingerprint density at radius 1 is 1.33 bits per heavy atom. The lowest BCUT2D eigenvalue weighted by Crippen LogP contribution is -2.41. The lowest BCUT2D eigenvalue weighted by atomic mass is 9.97. The van der Waals surface area contributed by atoms with E-state index in [9.17, 15) is 22.8 Å². The minimum absolute atomic E-state index is 0.00624. The van der Waals surface area contributed by atoms with Gasteiger partial charge in [-0.15, -0.1) is 21.9 Å². The molecule has 0 radical (unpaired) electrons. The second-order valence-electron chi connectivity index (χ2n) is 6.86. The van der Waals surface area contributed by atoms with Crippen molar-refractivity contribution in [2.24, 2.45) is 5.92 Å². The van der Waals surface area contributed by atoms with Crippen LogP contribution in [0.3, 0.4) is 0 Å². The third-order valence-electron chi connectivity index (χ3n) is 4.74. The van der Waals surface area contributed by atoms with Crippen molar-refractivity contribution in [2.45, 2.75) is 32.0 Å². The molecular weight excluding hydrogens is 405 g/mol. The maximum atomic E-state index is 13.0. The van der Waals surface area contributed by atoms with Gasteiger partial charge in [0.1, 0.15) is 5.82 Å². The first-order valence-corrected chi connectivity index (χ1v) is 9.34. The van der Waals surface area contributed by atoms with Crippen LogP contribution in [0, 0.1) is 5.92 Å². The smallest absolute Gasteiger partial charge is 0.452 e. The number of nitrogens with zero attached hydrogens (tertiary/aromatic N) is 5. The van der Waals surface area contributed by atoms with Crippen LogP contribution in [-0.4, -0.2) is 57.4 Å². The Labute approximate surface area is 169 Å². The molecule has 0 bridgehead atoms. The third kappa shape index (κ3) is 4.69. The summed E-state index contributed by atoms with van der Waals surface area (Å²) < 4.78 is 45.0. The molecule has 162 valence electrons. The van der Waals surface area contributed by atoms with Gasteiger partial charge in [-0.25, -0.2) is 0 Å². The Balaban J connectivity index is 1.61. The summed E-state index contributed by atoms with van der Waals surface area (Å²) in [4.78, 5) is 25.9. The quantitative estimate of drug-likeness (QED) is 0.553. The van der Waals surface area contributed by atoms with Gasteiger partial charge in [-0.3, -0.25) is 9.59 Å². The average Bonchev–Trinajstić information content (AvgIpc) is 3.15. The summed E-state index contributed by atoms with van der Waals surface area (Å²) in [6, 6.07) is 2.98. The number of ether oxygens (including phenoxy) is 1. The molecule has 0 aliphatic carbocycles. The van der Waals surface area contributed by atoms with E-state index in [1.165, 1.54) is 19.1 Å².